The van der Waals surface area contributed by atoms with Crippen molar-refractivity contribution in [2.75, 3.05) is 18.1 Å². The molecule has 2 heterocycles. The van der Waals surface area contributed by atoms with Crippen molar-refractivity contribution in [1.29, 1.82) is 0 Å². The molecule has 1 aliphatic carbocycles. The first-order valence-corrected chi connectivity index (χ1v) is 7.52. The van der Waals surface area contributed by atoms with Crippen LogP contribution in [0.5, 0.6) is 0 Å². The van der Waals surface area contributed by atoms with Crippen molar-refractivity contribution in [3.05, 3.63) is 23.2 Å². The average molecular weight is 313 g/mol. The van der Waals surface area contributed by atoms with Crippen LogP contribution in [-0.2, 0) is 0 Å². The van der Waals surface area contributed by atoms with Crippen LogP contribution >= 0.6 is 27.7 Å². The fourth-order valence-electron chi connectivity index (χ4n) is 1.86. The number of anilines is 1. The van der Waals surface area contributed by atoms with Gasteiger partial charge in [0.05, 0.1) is 0 Å². The summed E-state index contributed by atoms with van der Waals surface area (Å²) in [6.07, 6.45) is 10.4. The van der Waals surface area contributed by atoms with Gasteiger partial charge in [-0.05, 0) is 35.0 Å². The number of aromatic nitrogens is 3. The lowest BCUT2D eigenvalue weighted by molar-refractivity contribution is 0.935. The van der Waals surface area contributed by atoms with Gasteiger partial charge in [0.2, 0.25) is 0 Å². The third kappa shape index (κ3) is 2.15. The van der Waals surface area contributed by atoms with E-state index in [0.29, 0.717) is 4.75 Å². The Morgan fingerprint density at radius 3 is 3.12 bits per heavy atom. The molecule has 0 unspecified atom stereocenters. The number of fused-ring (bicyclic) bond motifs is 1. The maximum atomic E-state index is 4.45. The highest BCUT2D eigenvalue weighted by Gasteiger charge is 2.41. The summed E-state index contributed by atoms with van der Waals surface area (Å²) in [5.41, 5.74) is 0.880. The Morgan fingerprint density at radius 1 is 1.59 bits per heavy atom. The van der Waals surface area contributed by atoms with E-state index in [1.807, 2.05) is 28.6 Å². The highest BCUT2D eigenvalue weighted by Crippen LogP contribution is 2.47. The molecule has 1 saturated carbocycles. The summed E-state index contributed by atoms with van der Waals surface area (Å²) in [6.45, 7) is 0.958. The molecule has 0 amide bonds. The zero-order chi connectivity index (χ0) is 11.9. The van der Waals surface area contributed by atoms with E-state index < -0.39 is 0 Å². The molecule has 0 atom stereocenters. The van der Waals surface area contributed by atoms with Crippen molar-refractivity contribution in [2.45, 2.75) is 17.6 Å². The Morgan fingerprint density at radius 2 is 2.41 bits per heavy atom. The monoisotopic (exact) mass is 312 g/mol. The van der Waals surface area contributed by atoms with Gasteiger partial charge in [0.25, 0.3) is 0 Å². The van der Waals surface area contributed by atoms with Gasteiger partial charge in [0, 0.05) is 29.9 Å². The molecule has 2 aromatic heterocycles. The quantitative estimate of drug-likeness (QED) is 0.942. The normalized spacial score (nSPS) is 17.3. The van der Waals surface area contributed by atoms with Crippen LogP contribution in [0.2, 0.25) is 0 Å². The van der Waals surface area contributed by atoms with Crippen molar-refractivity contribution in [3.63, 3.8) is 0 Å². The molecular formula is C11H13BrN4S. The first-order valence-electron chi connectivity index (χ1n) is 5.51. The third-order valence-electron chi connectivity index (χ3n) is 3.16. The molecule has 6 heteroatoms. The number of halogens is 1. The van der Waals surface area contributed by atoms with Crippen LogP contribution < -0.4 is 5.32 Å². The topological polar surface area (TPSA) is 42.2 Å². The first-order chi connectivity index (χ1) is 8.22. The highest BCUT2D eigenvalue weighted by atomic mass is 79.9. The Balaban J connectivity index is 1.86. The molecule has 4 nitrogen and oxygen atoms in total. The van der Waals surface area contributed by atoms with E-state index >= 15 is 0 Å². The first kappa shape index (κ1) is 11.3. The van der Waals surface area contributed by atoms with Gasteiger partial charge in [-0.25, -0.2) is 9.97 Å². The molecule has 0 spiro atoms. The molecule has 0 radical (unpaired) electrons. The molecule has 90 valence electrons. The van der Waals surface area contributed by atoms with Gasteiger partial charge in [0.15, 0.2) is 11.5 Å². The lowest BCUT2D eigenvalue weighted by atomic mass is 10.4. The average Bonchev–Trinajstić information content (AvgIpc) is 2.96. The lowest BCUT2D eigenvalue weighted by Crippen LogP contribution is -2.18. The van der Waals surface area contributed by atoms with E-state index in [0.717, 1.165) is 22.6 Å². The summed E-state index contributed by atoms with van der Waals surface area (Å²) in [7, 11) is 0. The van der Waals surface area contributed by atoms with Gasteiger partial charge in [-0.3, -0.25) is 0 Å². The summed E-state index contributed by atoms with van der Waals surface area (Å²) in [5.74, 6) is 0.852. The molecule has 2 aromatic rings. The predicted molar refractivity (Wildman–Crippen MR) is 74.7 cm³/mol. The second-order valence-corrected chi connectivity index (χ2v) is 6.40. The van der Waals surface area contributed by atoms with Crippen molar-refractivity contribution in [1.82, 2.24) is 14.4 Å². The Hall–Kier alpha value is -0.750. The van der Waals surface area contributed by atoms with Crippen molar-refractivity contribution in [2.24, 2.45) is 0 Å². The van der Waals surface area contributed by atoms with Gasteiger partial charge in [-0.1, -0.05) is 0 Å². The molecule has 0 aliphatic heterocycles. The Labute approximate surface area is 112 Å². The zero-order valence-corrected chi connectivity index (χ0v) is 11.9. The SMILES string of the molecule is CSC1(CNc2nc(Br)cn3ccnc23)CC1. The number of hydrogen-bond acceptors (Lipinski definition) is 4. The van der Waals surface area contributed by atoms with Crippen LogP contribution in [0.25, 0.3) is 5.65 Å². The van der Waals surface area contributed by atoms with Gasteiger partial charge < -0.3 is 9.72 Å². The zero-order valence-electron chi connectivity index (χ0n) is 9.48. The van der Waals surface area contributed by atoms with Gasteiger partial charge in [-0.15, -0.1) is 0 Å². The molecule has 0 aromatic carbocycles. The number of nitrogens with one attached hydrogen (secondary N) is 1. The minimum absolute atomic E-state index is 0.424. The number of imidazole rings is 1. The van der Waals surface area contributed by atoms with E-state index in [1.165, 1.54) is 12.8 Å². The Bertz CT molecular complexity index is 549. The van der Waals surface area contributed by atoms with E-state index in [9.17, 15) is 0 Å². The number of rotatable bonds is 4. The largest absolute Gasteiger partial charge is 0.366 e. The van der Waals surface area contributed by atoms with Crippen LogP contribution in [0, 0.1) is 0 Å². The minimum Gasteiger partial charge on any atom is -0.366 e. The summed E-state index contributed by atoms with van der Waals surface area (Å²) >= 11 is 5.36. The maximum Gasteiger partial charge on any atom is 0.180 e. The second kappa shape index (κ2) is 4.17. The fraction of sp³-hybridized carbons (Fsp3) is 0.455. The van der Waals surface area contributed by atoms with Crippen LogP contribution in [0.4, 0.5) is 5.82 Å². The second-order valence-electron chi connectivity index (χ2n) is 4.31. The van der Waals surface area contributed by atoms with Gasteiger partial charge >= 0.3 is 0 Å². The van der Waals surface area contributed by atoms with Crippen molar-refractivity contribution >= 4 is 39.2 Å². The molecule has 17 heavy (non-hydrogen) atoms. The summed E-state index contributed by atoms with van der Waals surface area (Å²) in [4.78, 5) is 8.77. The highest BCUT2D eigenvalue weighted by molar-refractivity contribution is 9.10. The number of nitrogens with zero attached hydrogens (tertiary/aromatic N) is 3. The summed E-state index contributed by atoms with van der Waals surface area (Å²) in [6, 6.07) is 0. The summed E-state index contributed by atoms with van der Waals surface area (Å²) in [5, 5.41) is 3.42. The molecule has 3 rings (SSSR count). The van der Waals surface area contributed by atoms with E-state index in [4.69, 9.17) is 0 Å². The number of thioether (sulfide) groups is 1. The molecule has 1 N–H and O–H groups in total. The van der Waals surface area contributed by atoms with E-state index in [-0.39, 0.29) is 0 Å². The molecule has 1 fully saturated rings. The van der Waals surface area contributed by atoms with Crippen LogP contribution in [0.15, 0.2) is 23.2 Å². The maximum absolute atomic E-state index is 4.45. The predicted octanol–water partition coefficient (Wildman–Crippen LogP) is 2.80. The molecular weight excluding hydrogens is 300 g/mol. The fourth-order valence-corrected chi connectivity index (χ4v) is 2.98. The van der Waals surface area contributed by atoms with Gasteiger partial charge in [-0.2, -0.15) is 11.8 Å². The smallest absolute Gasteiger partial charge is 0.180 e. The molecule has 1 aliphatic rings. The molecule has 0 bridgehead atoms. The Kier molecular flexibility index (Phi) is 2.78. The minimum atomic E-state index is 0.424. The van der Waals surface area contributed by atoms with E-state index in [2.05, 4.69) is 37.5 Å². The third-order valence-corrected chi connectivity index (χ3v) is 4.96. The van der Waals surface area contributed by atoms with E-state index in [1.54, 1.807) is 6.20 Å². The van der Waals surface area contributed by atoms with Gasteiger partial charge in [0.1, 0.15) is 4.60 Å². The van der Waals surface area contributed by atoms with Crippen molar-refractivity contribution in [3.8, 4) is 0 Å². The van der Waals surface area contributed by atoms with Crippen molar-refractivity contribution < 1.29 is 0 Å². The van der Waals surface area contributed by atoms with Crippen LogP contribution in [0.1, 0.15) is 12.8 Å². The lowest BCUT2D eigenvalue weighted by Gasteiger charge is -2.14. The van der Waals surface area contributed by atoms with Crippen LogP contribution in [0.3, 0.4) is 0 Å². The van der Waals surface area contributed by atoms with Crippen LogP contribution in [-0.4, -0.2) is 31.9 Å². The molecule has 0 saturated heterocycles. The number of hydrogen-bond donors (Lipinski definition) is 1. The standard InChI is InChI=1S/C11H13BrN4S/c1-17-11(2-3-11)7-14-9-10-13-4-5-16(10)6-8(12)15-9/h4-6H,2-3,7H2,1H3,(H,14,15). The summed E-state index contributed by atoms with van der Waals surface area (Å²) < 4.78 is 3.21.